The van der Waals surface area contributed by atoms with Crippen molar-refractivity contribution in [3.05, 3.63) is 105 Å². The van der Waals surface area contributed by atoms with Gasteiger partial charge in [-0.25, -0.2) is 0 Å². The number of hydrogen-bond donors (Lipinski definition) is 8. The van der Waals surface area contributed by atoms with Crippen molar-refractivity contribution in [3.63, 3.8) is 0 Å². The molecule has 9 amide bonds. The fourth-order valence-corrected chi connectivity index (χ4v) is 11.4. The van der Waals surface area contributed by atoms with E-state index in [1.807, 2.05) is 4.90 Å². The Kier molecular flexibility index (Phi) is 17.0. The number of nitrogens with zero attached hydrogens (tertiary/aromatic N) is 3. The minimum absolute atomic E-state index is 0.0207. The molecule has 0 saturated carbocycles. The fourth-order valence-electron chi connectivity index (χ4n) is 10.00. The van der Waals surface area contributed by atoms with Gasteiger partial charge in [-0.3, -0.25) is 53.0 Å². The molecule has 3 saturated heterocycles. The molecule has 0 bridgehead atoms. The van der Waals surface area contributed by atoms with Gasteiger partial charge in [0.15, 0.2) is 0 Å². The number of fused-ring (bicyclic) bond motifs is 3. The fraction of sp³-hybridized carbons (Fsp3) is 0.404. The summed E-state index contributed by atoms with van der Waals surface area (Å²) in [5.74, 6) is 0.721. The minimum atomic E-state index is -5.87. The van der Waals surface area contributed by atoms with E-state index in [0.717, 1.165) is 23.5 Å². The van der Waals surface area contributed by atoms with Gasteiger partial charge in [0.05, 0.1) is 4.88 Å². The summed E-state index contributed by atoms with van der Waals surface area (Å²) in [6, 6.07) is 11.5. The van der Waals surface area contributed by atoms with Crippen LogP contribution in [0.15, 0.2) is 72.8 Å². The van der Waals surface area contributed by atoms with Crippen molar-refractivity contribution in [1.82, 2.24) is 41.3 Å². The Morgan fingerprint density at radius 2 is 1.71 bits per heavy atom. The molecule has 3 aromatic carbocycles. The van der Waals surface area contributed by atoms with E-state index >= 15 is 0 Å². The van der Waals surface area contributed by atoms with E-state index in [-0.39, 0.29) is 73.8 Å². The molecule has 0 aliphatic carbocycles. The highest BCUT2D eigenvalue weighted by Crippen LogP contribution is 2.59. The van der Waals surface area contributed by atoms with Crippen molar-refractivity contribution < 1.29 is 66.3 Å². The molecule has 6 atom stereocenters. The summed E-state index contributed by atoms with van der Waals surface area (Å²) in [7, 11) is -4.11. The van der Waals surface area contributed by atoms with E-state index in [1.165, 1.54) is 21.9 Å². The lowest BCUT2D eigenvalue weighted by atomic mass is 10.0. The molecule has 0 spiro atoms. The summed E-state index contributed by atoms with van der Waals surface area (Å²) >= 11 is 0.912. The monoisotopic (exact) mass is 1100 g/mol. The smallest absolute Gasteiger partial charge is 0.370 e. The predicted molar refractivity (Wildman–Crippen MR) is 274 cm³/mol. The molecule has 77 heavy (non-hydrogen) atoms. The standard InChI is InChI=1S/C52H56F2N9O12PS/c1-61-24-22-33-15-17-39(63(33)51(72)37(28-61)58-48(69)41-26-31-25-32(14-19-40(31)77-41)52(53,54)76(73,74)75)47(68)57-36(16-20-42(55)64)45(66)60-44(30-10-4-2-5-11-30)49(70)56-23-7-3-6-9-29-12-8-13-34-35(29)27-62(50(34)71)38-18-21-43(65)59-46(38)67/h2,4-5,8,10-14,19,25-26,33,36-39,44H,3,7,15-18,20-24,27-28H2,1H3,(H2,55,64)(H,56,70)(H,57,68)(H,58,69)(H,60,66)(H,59,65,67)(H2,73,74,75)/t33-,36?,37+,38?,39+,44?/m1/s1. The number of thiophene rings is 1. The van der Waals surface area contributed by atoms with Gasteiger partial charge >= 0.3 is 13.3 Å². The first-order valence-electron chi connectivity index (χ1n) is 24.9. The normalized spacial score (nSPS) is 20.6. The average Bonchev–Trinajstić information content (AvgIpc) is 4.14. The maximum absolute atomic E-state index is 14.5. The Bertz CT molecular complexity index is 3140. The number of benzene rings is 3. The van der Waals surface area contributed by atoms with Crippen molar-refractivity contribution in [2.75, 3.05) is 26.7 Å². The molecule has 1 aromatic heterocycles. The summed E-state index contributed by atoms with van der Waals surface area (Å²) in [6.07, 6.45) is 1.53. The van der Waals surface area contributed by atoms with Gasteiger partial charge < -0.3 is 51.5 Å². The molecule has 406 valence electrons. The highest BCUT2D eigenvalue weighted by Gasteiger charge is 2.51. The van der Waals surface area contributed by atoms with Crippen LogP contribution in [0.5, 0.6) is 0 Å². The number of alkyl halides is 2. The van der Waals surface area contributed by atoms with Crippen LogP contribution in [0.4, 0.5) is 8.78 Å². The SMILES string of the molecule is CN1CC[C@H]2CC[C@@H](C(=O)NC(CCC(N)=O)C(=O)NC(C(=O)NCCCC#Cc3cccc4c3CN(C3CCC(=O)NC3=O)C4=O)c3ccccc3)N2C(=O)[C@@H](NC(=O)c2cc3cc(C(F)(F)P(=O)(O)O)ccc3s2)C1. The Morgan fingerprint density at radius 1 is 0.948 bits per heavy atom. The second kappa shape index (κ2) is 23.4. The van der Waals surface area contributed by atoms with Gasteiger partial charge in [0.2, 0.25) is 41.4 Å². The van der Waals surface area contributed by atoms with Crippen molar-refractivity contribution >= 4 is 82.2 Å². The number of amides is 9. The molecular weight excluding hydrogens is 1040 g/mol. The molecule has 8 rings (SSSR count). The zero-order valence-electron chi connectivity index (χ0n) is 41.6. The average molecular weight is 1100 g/mol. The van der Waals surface area contributed by atoms with Gasteiger partial charge in [-0.2, -0.15) is 8.78 Å². The summed E-state index contributed by atoms with van der Waals surface area (Å²) < 4.78 is 40.9. The van der Waals surface area contributed by atoms with E-state index in [2.05, 4.69) is 38.4 Å². The maximum Gasteiger partial charge on any atom is 0.399 e. The van der Waals surface area contributed by atoms with Gasteiger partial charge in [0.1, 0.15) is 30.2 Å². The number of carbonyl (C=O) groups is 9. The van der Waals surface area contributed by atoms with Crippen LogP contribution in [0.2, 0.25) is 0 Å². The molecule has 0 radical (unpaired) electrons. The number of piperidine rings is 1. The third-order valence-corrected chi connectivity index (χ3v) is 16.1. The maximum atomic E-state index is 14.5. The van der Waals surface area contributed by atoms with Crippen LogP contribution >= 0.6 is 18.9 Å². The first-order valence-corrected chi connectivity index (χ1v) is 27.3. The second-order valence-corrected chi connectivity index (χ2v) is 22.1. The molecule has 9 N–H and O–H groups in total. The number of unbranched alkanes of at least 4 members (excludes halogenated alkanes) is 1. The Morgan fingerprint density at radius 3 is 2.44 bits per heavy atom. The van der Waals surface area contributed by atoms with Crippen LogP contribution in [0.1, 0.15) is 106 Å². The molecule has 3 unspecified atom stereocenters. The lowest BCUT2D eigenvalue weighted by Gasteiger charge is -2.38. The lowest BCUT2D eigenvalue weighted by molar-refractivity contribution is -0.144. The summed E-state index contributed by atoms with van der Waals surface area (Å²) in [4.78, 5) is 143. The Hall–Kier alpha value is -7.42. The molecule has 5 heterocycles. The molecule has 3 fully saturated rings. The van der Waals surface area contributed by atoms with E-state index < -0.39 is 96.4 Å². The van der Waals surface area contributed by atoms with Gasteiger partial charge in [-0.15, -0.1) is 11.3 Å². The number of rotatable bonds is 17. The first kappa shape index (κ1) is 55.8. The van der Waals surface area contributed by atoms with Gasteiger partial charge in [0.25, 0.3) is 11.8 Å². The largest absolute Gasteiger partial charge is 0.399 e. The van der Waals surface area contributed by atoms with E-state index in [4.69, 9.17) is 5.73 Å². The van der Waals surface area contributed by atoms with Crippen LogP contribution in [-0.4, -0.2) is 135 Å². The topological polar surface area (TPSA) is 307 Å². The van der Waals surface area contributed by atoms with Crippen LogP contribution in [0.25, 0.3) is 10.1 Å². The zero-order valence-corrected chi connectivity index (χ0v) is 43.3. The molecular formula is C52H56F2N9O12PS. The summed E-state index contributed by atoms with van der Waals surface area (Å²) in [5.41, 5.74) is 2.19. The molecule has 4 aliphatic heterocycles. The highest BCUT2D eigenvalue weighted by molar-refractivity contribution is 7.52. The van der Waals surface area contributed by atoms with Gasteiger partial charge in [-0.1, -0.05) is 54.3 Å². The van der Waals surface area contributed by atoms with E-state index in [9.17, 15) is 66.3 Å². The van der Waals surface area contributed by atoms with Crippen LogP contribution in [0, 0.1) is 11.8 Å². The first-order chi connectivity index (χ1) is 36.6. The number of halogens is 2. The van der Waals surface area contributed by atoms with E-state index in [0.29, 0.717) is 59.2 Å². The molecule has 25 heteroatoms. The quantitative estimate of drug-likeness (QED) is 0.0326. The van der Waals surface area contributed by atoms with Crippen molar-refractivity contribution in [2.45, 2.75) is 106 Å². The van der Waals surface area contributed by atoms with Crippen molar-refractivity contribution in [2.24, 2.45) is 5.73 Å². The number of imide groups is 1. The number of nitrogens with two attached hydrogens (primary N) is 1. The third kappa shape index (κ3) is 12.6. The number of primary amides is 1. The van der Waals surface area contributed by atoms with Gasteiger partial charge in [0, 0.05) is 66.3 Å². The third-order valence-electron chi connectivity index (χ3n) is 14.0. The highest BCUT2D eigenvalue weighted by atomic mass is 32.1. The van der Waals surface area contributed by atoms with Crippen LogP contribution in [-0.2, 0) is 50.3 Å². The number of carbonyl (C=O) groups excluding carboxylic acids is 9. The summed E-state index contributed by atoms with van der Waals surface area (Å²) in [6.45, 7) is 0.800. The van der Waals surface area contributed by atoms with E-state index in [1.54, 1.807) is 55.6 Å². The number of hydrogen-bond acceptors (Lipinski definition) is 12. The second-order valence-electron chi connectivity index (χ2n) is 19.4. The van der Waals surface area contributed by atoms with Crippen molar-refractivity contribution in [1.29, 1.82) is 0 Å². The Labute approximate surface area is 444 Å². The zero-order chi connectivity index (χ0) is 55.3. The molecule has 4 aliphatic rings. The molecule has 4 aromatic rings. The number of likely N-dealkylation sites (N-methyl/N-ethyl adjacent to an activating group) is 1. The molecule has 21 nitrogen and oxygen atoms in total. The van der Waals surface area contributed by atoms with Crippen molar-refractivity contribution in [3.8, 4) is 11.8 Å². The predicted octanol–water partition coefficient (Wildman–Crippen LogP) is 2.24. The Balaban J connectivity index is 0.909. The van der Waals surface area contributed by atoms with Crippen LogP contribution in [0.3, 0.4) is 0 Å². The lowest BCUT2D eigenvalue weighted by Crippen LogP contribution is -2.61. The van der Waals surface area contributed by atoms with Crippen LogP contribution < -0.4 is 32.3 Å². The number of nitrogens with one attached hydrogen (secondary N) is 5. The summed E-state index contributed by atoms with van der Waals surface area (Å²) in [5, 5.41) is 13.4. The minimum Gasteiger partial charge on any atom is -0.370 e. The van der Waals surface area contributed by atoms with Gasteiger partial charge in [-0.05, 0) is 99.0 Å².